The number of alkyl halides is 3. The highest BCUT2D eigenvalue weighted by Crippen LogP contribution is 2.26. The molecule has 2 aromatic heterocycles. The van der Waals surface area contributed by atoms with E-state index in [9.17, 15) is 22.8 Å². The summed E-state index contributed by atoms with van der Waals surface area (Å²) in [6, 6.07) is 8.32. The maximum atomic E-state index is 12.3. The molecular formula is C18H16F3N3O4. The van der Waals surface area contributed by atoms with Crippen LogP contribution in [-0.4, -0.2) is 40.8 Å². The summed E-state index contributed by atoms with van der Waals surface area (Å²) in [5.74, 6) is -1.14. The van der Waals surface area contributed by atoms with Crippen LogP contribution in [0.3, 0.4) is 0 Å². The Kier molecular flexibility index (Phi) is 5.12. The first kappa shape index (κ1) is 19.5. The largest absolute Gasteiger partial charge is 0.573 e. The van der Waals surface area contributed by atoms with Crippen molar-refractivity contribution in [3.05, 3.63) is 46.9 Å². The number of rotatable bonds is 5. The Bertz CT molecular complexity index is 1050. The van der Waals surface area contributed by atoms with E-state index in [2.05, 4.69) is 9.72 Å². The van der Waals surface area contributed by atoms with Crippen LogP contribution in [0.15, 0.2) is 45.6 Å². The summed E-state index contributed by atoms with van der Waals surface area (Å²) in [5.41, 5.74) is 1.47. The highest BCUT2D eigenvalue weighted by atomic mass is 19.4. The van der Waals surface area contributed by atoms with Gasteiger partial charge >= 0.3 is 12.1 Å². The number of hydrogen-bond acceptors (Lipinski definition) is 5. The molecule has 0 saturated carbocycles. The van der Waals surface area contributed by atoms with Crippen molar-refractivity contribution in [3.63, 3.8) is 0 Å². The minimum Gasteiger partial charge on any atom is -0.406 e. The van der Waals surface area contributed by atoms with Crippen LogP contribution in [0.25, 0.3) is 22.5 Å². The van der Waals surface area contributed by atoms with Gasteiger partial charge in [0.1, 0.15) is 5.75 Å². The molecule has 0 fully saturated rings. The third-order valence-corrected chi connectivity index (χ3v) is 3.94. The predicted molar refractivity (Wildman–Crippen MR) is 93.7 cm³/mol. The number of aromatic nitrogens is 2. The van der Waals surface area contributed by atoms with E-state index in [0.717, 1.165) is 0 Å². The molecule has 1 amide bonds. The molecule has 0 spiro atoms. The average Bonchev–Trinajstić information content (AvgIpc) is 2.93. The number of hydrogen-bond donors (Lipinski definition) is 0. The lowest BCUT2D eigenvalue weighted by Gasteiger charge is -2.10. The van der Waals surface area contributed by atoms with Gasteiger partial charge in [-0.15, -0.1) is 13.2 Å². The van der Waals surface area contributed by atoms with E-state index in [0.29, 0.717) is 11.3 Å². The van der Waals surface area contributed by atoms with Gasteiger partial charge in [-0.3, -0.25) is 9.36 Å². The Hall–Kier alpha value is -3.30. The molecule has 10 heteroatoms. The van der Waals surface area contributed by atoms with Crippen molar-refractivity contribution in [1.29, 1.82) is 0 Å². The van der Waals surface area contributed by atoms with Gasteiger partial charge in [0.2, 0.25) is 5.91 Å². The van der Waals surface area contributed by atoms with Crippen LogP contribution in [0, 0.1) is 0 Å². The maximum absolute atomic E-state index is 12.3. The van der Waals surface area contributed by atoms with Gasteiger partial charge in [-0.2, -0.15) is 0 Å². The first-order chi connectivity index (χ1) is 13.1. The molecule has 0 unspecified atom stereocenters. The fourth-order valence-electron chi connectivity index (χ4n) is 2.56. The van der Waals surface area contributed by atoms with Gasteiger partial charge < -0.3 is 14.1 Å². The van der Waals surface area contributed by atoms with Crippen LogP contribution in [0.5, 0.6) is 5.75 Å². The number of nitrogens with zero attached hydrogens (tertiary/aromatic N) is 3. The van der Waals surface area contributed by atoms with E-state index >= 15 is 0 Å². The van der Waals surface area contributed by atoms with Crippen LogP contribution < -0.4 is 10.5 Å². The predicted octanol–water partition coefficient (Wildman–Crippen LogP) is 3.03. The number of carbonyl (C=O) groups excluding carboxylic acids is 1. The second-order valence-electron chi connectivity index (χ2n) is 6.15. The second-order valence-corrected chi connectivity index (χ2v) is 6.15. The van der Waals surface area contributed by atoms with Gasteiger partial charge in [0.25, 0.3) is 0 Å². The summed E-state index contributed by atoms with van der Waals surface area (Å²) in [6.07, 6.45) is -4.67. The lowest BCUT2D eigenvalue weighted by Crippen LogP contribution is -2.25. The van der Waals surface area contributed by atoms with Crippen LogP contribution in [0.4, 0.5) is 13.2 Å². The molecule has 0 aliphatic heterocycles. The smallest absolute Gasteiger partial charge is 0.406 e. The number of oxazole rings is 1. The zero-order chi connectivity index (χ0) is 20.5. The fraction of sp³-hybridized carbons (Fsp3) is 0.278. The quantitative estimate of drug-likeness (QED) is 0.664. The standard InChI is InChI=1S/C18H16F3N3O4/c1-23(2)15(25)9-10-24-16-14(27-17(24)26)8-7-13(22-16)11-3-5-12(6-4-11)28-18(19,20)21/h3-8H,9-10H2,1-2H3. The van der Waals surface area contributed by atoms with Crippen molar-refractivity contribution >= 4 is 17.1 Å². The number of aryl methyl sites for hydroxylation is 1. The number of fused-ring (bicyclic) bond motifs is 1. The highest BCUT2D eigenvalue weighted by molar-refractivity contribution is 5.76. The number of ether oxygens (including phenoxy) is 1. The fourth-order valence-corrected chi connectivity index (χ4v) is 2.56. The van der Waals surface area contributed by atoms with E-state index in [-0.39, 0.29) is 35.9 Å². The van der Waals surface area contributed by atoms with Gasteiger partial charge in [-0.1, -0.05) is 0 Å². The molecule has 2 heterocycles. The van der Waals surface area contributed by atoms with Crippen molar-refractivity contribution in [3.8, 4) is 17.0 Å². The molecule has 28 heavy (non-hydrogen) atoms. The molecule has 0 bridgehead atoms. The maximum Gasteiger partial charge on any atom is 0.573 e. The van der Waals surface area contributed by atoms with Crippen LogP contribution >= 0.6 is 0 Å². The van der Waals surface area contributed by atoms with Crippen molar-refractivity contribution in [2.45, 2.75) is 19.3 Å². The lowest BCUT2D eigenvalue weighted by molar-refractivity contribution is -0.274. The summed E-state index contributed by atoms with van der Waals surface area (Å²) >= 11 is 0. The number of benzene rings is 1. The minimum atomic E-state index is -4.77. The molecule has 3 rings (SSSR count). The van der Waals surface area contributed by atoms with Crippen LogP contribution in [0.2, 0.25) is 0 Å². The Morgan fingerprint density at radius 2 is 1.86 bits per heavy atom. The highest BCUT2D eigenvalue weighted by Gasteiger charge is 2.31. The SMILES string of the molecule is CN(C)C(=O)CCn1c(=O)oc2ccc(-c3ccc(OC(F)(F)F)cc3)nc21. The first-order valence-electron chi connectivity index (χ1n) is 8.21. The zero-order valence-electron chi connectivity index (χ0n) is 15.0. The monoisotopic (exact) mass is 395 g/mol. The van der Waals surface area contributed by atoms with Gasteiger partial charge in [0.05, 0.1) is 5.69 Å². The van der Waals surface area contributed by atoms with E-state index in [1.807, 2.05) is 0 Å². The Morgan fingerprint density at radius 1 is 1.18 bits per heavy atom. The Morgan fingerprint density at radius 3 is 2.46 bits per heavy atom. The summed E-state index contributed by atoms with van der Waals surface area (Å²) in [7, 11) is 3.22. The summed E-state index contributed by atoms with van der Waals surface area (Å²) in [6.45, 7) is 0.0949. The van der Waals surface area contributed by atoms with E-state index < -0.39 is 12.1 Å². The molecule has 0 radical (unpaired) electrons. The normalized spacial score (nSPS) is 11.6. The van der Waals surface area contributed by atoms with Crippen LogP contribution in [-0.2, 0) is 11.3 Å². The number of carbonyl (C=O) groups is 1. The zero-order valence-corrected chi connectivity index (χ0v) is 15.0. The van der Waals surface area contributed by atoms with Crippen molar-refractivity contribution < 1.29 is 27.1 Å². The summed E-state index contributed by atoms with van der Waals surface area (Å²) in [4.78, 5) is 29.6. The molecule has 148 valence electrons. The lowest BCUT2D eigenvalue weighted by atomic mass is 10.1. The topological polar surface area (TPSA) is 77.6 Å². The summed E-state index contributed by atoms with van der Waals surface area (Å²) in [5, 5.41) is 0. The van der Waals surface area contributed by atoms with E-state index in [1.165, 1.54) is 33.7 Å². The number of amides is 1. The molecular weight excluding hydrogens is 379 g/mol. The van der Waals surface area contributed by atoms with E-state index in [4.69, 9.17) is 4.42 Å². The molecule has 0 N–H and O–H groups in total. The van der Waals surface area contributed by atoms with Crippen molar-refractivity contribution in [1.82, 2.24) is 14.5 Å². The third-order valence-electron chi connectivity index (χ3n) is 3.94. The second kappa shape index (κ2) is 7.37. The molecule has 0 atom stereocenters. The van der Waals surface area contributed by atoms with Gasteiger partial charge in [-0.25, -0.2) is 9.78 Å². The average molecular weight is 395 g/mol. The molecule has 0 aliphatic rings. The van der Waals surface area contributed by atoms with Crippen molar-refractivity contribution in [2.75, 3.05) is 14.1 Å². The number of pyridine rings is 1. The van der Waals surface area contributed by atoms with Gasteiger partial charge in [0.15, 0.2) is 11.2 Å². The molecule has 0 saturated heterocycles. The Labute approximate surface area is 156 Å². The van der Waals surface area contributed by atoms with Crippen molar-refractivity contribution in [2.24, 2.45) is 0 Å². The Balaban J connectivity index is 1.90. The first-order valence-corrected chi connectivity index (χ1v) is 8.21. The van der Waals surface area contributed by atoms with Gasteiger partial charge in [-0.05, 0) is 36.4 Å². The molecule has 1 aromatic carbocycles. The minimum absolute atomic E-state index is 0.0942. The van der Waals surface area contributed by atoms with E-state index in [1.54, 1.807) is 26.2 Å². The molecule has 0 aliphatic carbocycles. The summed E-state index contributed by atoms with van der Waals surface area (Å²) < 4.78 is 47.0. The van der Waals surface area contributed by atoms with Crippen LogP contribution in [0.1, 0.15) is 6.42 Å². The third kappa shape index (κ3) is 4.33. The van der Waals surface area contributed by atoms with Gasteiger partial charge in [0, 0.05) is 32.6 Å². The molecule has 7 nitrogen and oxygen atoms in total. The molecule has 3 aromatic rings. The number of halogens is 3.